The molecule has 0 spiro atoms. The molecular weight excluding hydrogens is 522 g/mol. The number of likely N-dealkylation sites (tertiary alicyclic amines) is 1. The molecule has 1 saturated heterocycles. The van der Waals surface area contributed by atoms with Gasteiger partial charge in [-0.15, -0.1) is 5.10 Å². The molecule has 2 amide bonds. The molecule has 12 heteroatoms. The molecule has 4 rings (SSSR count). The van der Waals surface area contributed by atoms with E-state index in [2.05, 4.69) is 20.8 Å². The maximum Gasteiger partial charge on any atom is 0.411 e. The number of ketones is 1. The highest BCUT2D eigenvalue weighted by molar-refractivity contribution is 6.30. The van der Waals surface area contributed by atoms with Gasteiger partial charge >= 0.3 is 6.09 Å². The molecular formula is C27H38ClN7O4. The number of aromatic nitrogens is 4. The zero-order valence-corrected chi connectivity index (χ0v) is 23.6. The van der Waals surface area contributed by atoms with Gasteiger partial charge in [-0.1, -0.05) is 43.7 Å². The Bertz CT molecular complexity index is 1180. The van der Waals surface area contributed by atoms with E-state index in [1.165, 1.54) is 22.3 Å². The van der Waals surface area contributed by atoms with Crippen LogP contribution in [0.25, 0.3) is 5.69 Å². The fourth-order valence-electron chi connectivity index (χ4n) is 5.70. The molecule has 1 aromatic carbocycles. The Morgan fingerprint density at radius 3 is 2.62 bits per heavy atom. The van der Waals surface area contributed by atoms with Crippen molar-refractivity contribution in [2.75, 3.05) is 6.54 Å². The molecule has 0 unspecified atom stereocenters. The maximum absolute atomic E-state index is 14.1. The van der Waals surface area contributed by atoms with Gasteiger partial charge in [0.25, 0.3) is 5.91 Å². The Hall–Kier alpha value is -3.05. The smallest absolute Gasteiger partial charge is 0.411 e. The molecule has 1 aliphatic heterocycles. The van der Waals surface area contributed by atoms with Crippen molar-refractivity contribution < 1.29 is 19.1 Å². The number of benzene rings is 1. The first kappa shape index (κ1) is 28.9. The zero-order chi connectivity index (χ0) is 28.2. The monoisotopic (exact) mass is 559 g/mol. The Kier molecular flexibility index (Phi) is 8.90. The predicted octanol–water partition coefficient (Wildman–Crippen LogP) is 3.57. The first-order chi connectivity index (χ1) is 18.5. The summed E-state index contributed by atoms with van der Waals surface area (Å²) < 4.78 is 7.08. The second-order valence-electron chi connectivity index (χ2n) is 11.5. The van der Waals surface area contributed by atoms with Crippen LogP contribution < -0.4 is 11.1 Å². The van der Waals surface area contributed by atoms with E-state index in [1.54, 1.807) is 39.0 Å². The van der Waals surface area contributed by atoms with E-state index in [9.17, 15) is 14.4 Å². The molecule has 39 heavy (non-hydrogen) atoms. The summed E-state index contributed by atoms with van der Waals surface area (Å²) in [6.45, 7) is 5.50. The van der Waals surface area contributed by atoms with Gasteiger partial charge in [-0.05, 0) is 80.1 Å². The molecule has 0 bridgehead atoms. The fraction of sp³-hybridized carbons (Fsp3) is 0.630. The van der Waals surface area contributed by atoms with Crippen LogP contribution in [0.4, 0.5) is 4.79 Å². The predicted molar refractivity (Wildman–Crippen MR) is 145 cm³/mol. The molecule has 0 radical (unpaired) electrons. The fourth-order valence-corrected chi connectivity index (χ4v) is 5.89. The van der Waals surface area contributed by atoms with Gasteiger partial charge in [0.15, 0.2) is 11.3 Å². The van der Waals surface area contributed by atoms with Gasteiger partial charge < -0.3 is 15.8 Å². The quantitative estimate of drug-likeness (QED) is 0.467. The highest BCUT2D eigenvalue weighted by atomic mass is 35.5. The third kappa shape index (κ3) is 6.58. The minimum atomic E-state index is -1.76. The summed E-state index contributed by atoms with van der Waals surface area (Å²) >= 11 is 6.25. The standard InChI is InChI=1S/C27H38ClN7O4/c1-26(2,3)39-25(38)34-13-7-12-27(34,23(36)21(29)14-18-8-5-4-6-9-18)24(37)30-16-19-15-20(28)10-11-22(19)35-17-31-32-33-35/h10-11,15,17-18,21H,4-9,12-14,16,29H2,1-3H3,(H,30,37)/t21-,27-/m1/s1. The van der Waals surface area contributed by atoms with Gasteiger partial charge in [-0.25, -0.2) is 9.48 Å². The molecule has 2 atom stereocenters. The lowest BCUT2D eigenvalue weighted by molar-refractivity contribution is -0.144. The number of ether oxygens (including phenoxy) is 1. The molecule has 3 N–H and O–H groups in total. The summed E-state index contributed by atoms with van der Waals surface area (Å²) in [6.07, 6.45) is 7.33. The van der Waals surface area contributed by atoms with Crippen molar-refractivity contribution in [3.63, 3.8) is 0 Å². The van der Waals surface area contributed by atoms with Crippen LogP contribution >= 0.6 is 11.6 Å². The first-order valence-electron chi connectivity index (χ1n) is 13.6. The minimum Gasteiger partial charge on any atom is -0.444 e. The Morgan fingerprint density at radius 2 is 1.95 bits per heavy atom. The molecule has 1 aromatic heterocycles. The number of nitrogens with zero attached hydrogens (tertiary/aromatic N) is 5. The Labute approximate surface area is 233 Å². The number of nitrogens with two attached hydrogens (primary N) is 1. The average molecular weight is 560 g/mol. The molecule has 1 saturated carbocycles. The number of carbonyl (C=O) groups excluding carboxylic acids is 3. The lowest BCUT2D eigenvalue weighted by Gasteiger charge is -2.38. The summed E-state index contributed by atoms with van der Waals surface area (Å²) in [5.41, 5.74) is 5.21. The van der Waals surface area contributed by atoms with Crippen LogP contribution in [0, 0.1) is 5.92 Å². The summed E-state index contributed by atoms with van der Waals surface area (Å²) in [6, 6.07) is 4.26. The van der Waals surface area contributed by atoms with Crippen molar-refractivity contribution in [3.05, 3.63) is 35.1 Å². The van der Waals surface area contributed by atoms with Crippen LogP contribution in [0.3, 0.4) is 0 Å². The van der Waals surface area contributed by atoms with Crippen LogP contribution in [0.1, 0.15) is 77.7 Å². The molecule has 2 aliphatic rings. The topological polar surface area (TPSA) is 145 Å². The number of hydrogen-bond donors (Lipinski definition) is 2. The molecule has 11 nitrogen and oxygen atoms in total. The average Bonchev–Trinajstić information content (AvgIpc) is 3.58. The van der Waals surface area contributed by atoms with Crippen molar-refractivity contribution in [1.82, 2.24) is 30.4 Å². The van der Waals surface area contributed by atoms with E-state index in [4.69, 9.17) is 22.1 Å². The van der Waals surface area contributed by atoms with Crippen molar-refractivity contribution in [2.24, 2.45) is 11.7 Å². The highest BCUT2D eigenvalue weighted by Crippen LogP contribution is 2.35. The summed E-state index contributed by atoms with van der Waals surface area (Å²) in [4.78, 5) is 42.7. The second-order valence-corrected chi connectivity index (χ2v) is 12.0. The van der Waals surface area contributed by atoms with Crippen LogP contribution in [-0.2, 0) is 20.9 Å². The number of carbonyl (C=O) groups is 3. The number of amides is 2. The van der Waals surface area contributed by atoms with Crippen LogP contribution in [0.15, 0.2) is 24.5 Å². The summed E-state index contributed by atoms with van der Waals surface area (Å²) in [5, 5.41) is 14.6. The normalized spacial score (nSPS) is 21.0. The largest absolute Gasteiger partial charge is 0.444 e. The third-order valence-corrected chi connectivity index (χ3v) is 7.74. The van der Waals surface area contributed by atoms with Gasteiger partial charge in [-0.3, -0.25) is 14.5 Å². The van der Waals surface area contributed by atoms with Crippen LogP contribution in [0.2, 0.25) is 5.02 Å². The summed E-state index contributed by atoms with van der Waals surface area (Å²) in [7, 11) is 0. The molecule has 2 heterocycles. The lowest BCUT2D eigenvalue weighted by Crippen LogP contribution is -2.66. The Balaban J connectivity index is 1.62. The molecule has 1 aliphatic carbocycles. The maximum atomic E-state index is 14.1. The van der Waals surface area contributed by atoms with Crippen molar-refractivity contribution in [1.29, 1.82) is 0 Å². The van der Waals surface area contributed by atoms with E-state index in [-0.39, 0.29) is 19.5 Å². The second kappa shape index (κ2) is 12.0. The van der Waals surface area contributed by atoms with Crippen LogP contribution in [0.5, 0.6) is 0 Å². The minimum absolute atomic E-state index is 0.0314. The summed E-state index contributed by atoms with van der Waals surface area (Å²) in [5.74, 6) is -0.696. The number of rotatable bonds is 8. The number of Topliss-reactive ketones (excluding diaryl/α,β-unsaturated/α-hetero) is 1. The first-order valence-corrected chi connectivity index (χ1v) is 14.0. The van der Waals surface area contributed by atoms with E-state index < -0.39 is 35.0 Å². The van der Waals surface area contributed by atoms with Crippen LogP contribution in [-0.4, -0.2) is 66.6 Å². The molecule has 2 aromatic rings. The highest BCUT2D eigenvalue weighted by Gasteiger charge is 2.57. The van der Waals surface area contributed by atoms with Gasteiger partial charge in [0, 0.05) is 18.1 Å². The number of hydrogen-bond acceptors (Lipinski definition) is 8. The SMILES string of the molecule is CC(C)(C)OC(=O)N1CCC[C@]1(C(=O)NCc1cc(Cl)ccc1-n1cnnn1)C(=O)[C@H](N)CC1CCCCC1. The van der Waals surface area contributed by atoms with Crippen molar-refractivity contribution >= 4 is 29.4 Å². The van der Waals surface area contributed by atoms with Gasteiger partial charge in [-0.2, -0.15) is 0 Å². The van der Waals surface area contributed by atoms with Gasteiger partial charge in [0.1, 0.15) is 11.9 Å². The third-order valence-electron chi connectivity index (χ3n) is 7.50. The molecule has 2 fully saturated rings. The van der Waals surface area contributed by atoms with Gasteiger partial charge in [0.05, 0.1) is 11.7 Å². The number of tetrazole rings is 1. The van der Waals surface area contributed by atoms with E-state index in [1.807, 2.05) is 0 Å². The molecule has 212 valence electrons. The zero-order valence-electron chi connectivity index (χ0n) is 22.9. The van der Waals surface area contributed by atoms with Gasteiger partial charge in [0.2, 0.25) is 0 Å². The van der Waals surface area contributed by atoms with E-state index >= 15 is 0 Å². The van der Waals surface area contributed by atoms with E-state index in [0.29, 0.717) is 35.0 Å². The van der Waals surface area contributed by atoms with E-state index in [0.717, 1.165) is 25.7 Å². The van der Waals surface area contributed by atoms with Crippen molar-refractivity contribution in [2.45, 2.75) is 95.9 Å². The number of nitrogens with one attached hydrogen (secondary N) is 1. The number of halogens is 1. The van der Waals surface area contributed by atoms with Crippen molar-refractivity contribution in [3.8, 4) is 5.69 Å². The lowest BCUT2D eigenvalue weighted by atomic mass is 9.79. The Morgan fingerprint density at radius 1 is 1.21 bits per heavy atom.